The Hall–Kier alpha value is -0.240. The number of rotatable bonds is 1. The van der Waals surface area contributed by atoms with Gasteiger partial charge >= 0.3 is 0 Å². The fraction of sp³-hybridized carbons (Fsp3) is 0.571. The van der Waals surface area contributed by atoms with E-state index >= 15 is 0 Å². The van der Waals surface area contributed by atoms with E-state index in [2.05, 4.69) is 13.8 Å². The third-order valence-corrected chi connectivity index (χ3v) is 4.43. The highest BCUT2D eigenvalue weighted by molar-refractivity contribution is 6.33. The van der Waals surface area contributed by atoms with Crippen molar-refractivity contribution in [3.8, 4) is 0 Å². The van der Waals surface area contributed by atoms with Crippen LogP contribution < -0.4 is 0 Å². The first-order valence-corrected chi connectivity index (χ1v) is 6.76. The Labute approximate surface area is 113 Å². The van der Waals surface area contributed by atoms with E-state index in [9.17, 15) is 5.11 Å². The summed E-state index contributed by atoms with van der Waals surface area (Å²) in [7, 11) is 0. The molecule has 0 aliphatic heterocycles. The molecule has 0 bridgehead atoms. The minimum atomic E-state index is -0.808. The summed E-state index contributed by atoms with van der Waals surface area (Å²) in [6.45, 7) is 4.48. The van der Waals surface area contributed by atoms with Crippen molar-refractivity contribution in [3.63, 3.8) is 0 Å². The Morgan fingerprint density at radius 1 is 1.06 bits per heavy atom. The molecular weight excluding hydrogens is 255 g/mol. The topological polar surface area (TPSA) is 20.2 Å². The third-order valence-electron chi connectivity index (χ3n) is 3.86. The molecule has 0 amide bonds. The molecule has 0 aromatic heterocycles. The smallest absolute Gasteiger partial charge is 0.0911 e. The van der Waals surface area contributed by atoms with Crippen LogP contribution in [-0.2, 0) is 5.60 Å². The molecule has 0 heterocycles. The van der Waals surface area contributed by atoms with E-state index in [4.69, 9.17) is 23.2 Å². The van der Waals surface area contributed by atoms with Crippen LogP contribution in [0, 0.1) is 5.41 Å². The Bertz CT molecular complexity index is 416. The van der Waals surface area contributed by atoms with Gasteiger partial charge in [0.2, 0.25) is 0 Å². The SMILES string of the molecule is CC1(C)CCC(O)(c2cc(Cl)ccc2Cl)CC1. The van der Waals surface area contributed by atoms with Gasteiger partial charge in [-0.1, -0.05) is 37.0 Å². The predicted octanol–water partition coefficient (Wildman–Crippen LogP) is 4.78. The summed E-state index contributed by atoms with van der Waals surface area (Å²) >= 11 is 12.2. The van der Waals surface area contributed by atoms with Crippen molar-refractivity contribution in [1.82, 2.24) is 0 Å². The Morgan fingerprint density at radius 2 is 1.65 bits per heavy atom. The quantitative estimate of drug-likeness (QED) is 0.780. The highest BCUT2D eigenvalue weighted by Gasteiger charge is 2.39. The molecule has 0 saturated heterocycles. The van der Waals surface area contributed by atoms with E-state index in [-0.39, 0.29) is 0 Å². The monoisotopic (exact) mass is 272 g/mol. The summed E-state index contributed by atoms with van der Waals surface area (Å²) in [6.07, 6.45) is 3.51. The summed E-state index contributed by atoms with van der Waals surface area (Å²) in [5.41, 5.74) is 0.288. The third kappa shape index (κ3) is 2.78. The van der Waals surface area contributed by atoms with Crippen LogP contribution in [0.5, 0.6) is 0 Å². The zero-order chi connectivity index (χ0) is 12.7. The van der Waals surface area contributed by atoms with Gasteiger partial charge in [-0.2, -0.15) is 0 Å². The van der Waals surface area contributed by atoms with Crippen LogP contribution in [0.3, 0.4) is 0 Å². The van der Waals surface area contributed by atoms with Gasteiger partial charge in [-0.15, -0.1) is 0 Å². The molecule has 1 aromatic rings. The van der Waals surface area contributed by atoms with E-state index < -0.39 is 5.60 Å². The predicted molar refractivity (Wildman–Crippen MR) is 72.6 cm³/mol. The second-order valence-electron chi connectivity index (χ2n) is 5.82. The van der Waals surface area contributed by atoms with E-state index in [1.807, 2.05) is 0 Å². The van der Waals surface area contributed by atoms with Crippen molar-refractivity contribution in [1.29, 1.82) is 0 Å². The Balaban J connectivity index is 2.30. The highest BCUT2D eigenvalue weighted by Crippen LogP contribution is 2.47. The fourth-order valence-electron chi connectivity index (χ4n) is 2.46. The lowest BCUT2D eigenvalue weighted by atomic mass is 9.69. The summed E-state index contributed by atoms with van der Waals surface area (Å²) in [6, 6.07) is 5.31. The molecule has 1 saturated carbocycles. The number of benzene rings is 1. The van der Waals surface area contributed by atoms with Gasteiger partial charge in [0.1, 0.15) is 0 Å². The molecule has 1 aliphatic carbocycles. The molecular formula is C14H18Cl2O. The van der Waals surface area contributed by atoms with Gasteiger partial charge in [0.25, 0.3) is 0 Å². The molecule has 3 heteroatoms. The Kier molecular flexibility index (Phi) is 3.46. The van der Waals surface area contributed by atoms with Gasteiger partial charge in [-0.3, -0.25) is 0 Å². The van der Waals surface area contributed by atoms with E-state index in [1.54, 1.807) is 18.2 Å². The normalized spacial score (nSPS) is 22.4. The zero-order valence-corrected chi connectivity index (χ0v) is 11.8. The van der Waals surface area contributed by atoms with Crippen molar-refractivity contribution in [3.05, 3.63) is 33.8 Å². The molecule has 1 N–H and O–H groups in total. The summed E-state index contributed by atoms with van der Waals surface area (Å²) in [5.74, 6) is 0. The molecule has 17 heavy (non-hydrogen) atoms. The largest absolute Gasteiger partial charge is 0.385 e. The van der Waals surface area contributed by atoms with E-state index in [1.165, 1.54) is 0 Å². The average Bonchev–Trinajstić information content (AvgIpc) is 2.26. The van der Waals surface area contributed by atoms with Gasteiger partial charge in [-0.25, -0.2) is 0 Å². The lowest BCUT2D eigenvalue weighted by molar-refractivity contribution is -0.0304. The summed E-state index contributed by atoms with van der Waals surface area (Å²) < 4.78 is 0. The molecule has 1 aromatic carbocycles. The number of hydrogen-bond donors (Lipinski definition) is 1. The fourth-order valence-corrected chi connectivity index (χ4v) is 2.93. The van der Waals surface area contributed by atoms with Crippen molar-refractivity contribution >= 4 is 23.2 Å². The van der Waals surface area contributed by atoms with Gasteiger partial charge in [0, 0.05) is 15.6 Å². The van der Waals surface area contributed by atoms with Crippen molar-refractivity contribution < 1.29 is 5.11 Å². The van der Waals surface area contributed by atoms with Gasteiger partial charge < -0.3 is 5.11 Å². The second-order valence-corrected chi connectivity index (χ2v) is 6.66. The maximum atomic E-state index is 10.7. The number of halogens is 2. The first kappa shape index (κ1) is 13.2. The van der Waals surface area contributed by atoms with E-state index in [0.717, 1.165) is 31.2 Å². The summed E-state index contributed by atoms with van der Waals surface area (Å²) in [5, 5.41) is 12.0. The van der Waals surface area contributed by atoms with Crippen LogP contribution in [0.25, 0.3) is 0 Å². The maximum absolute atomic E-state index is 10.7. The first-order valence-electron chi connectivity index (χ1n) is 6.00. The zero-order valence-electron chi connectivity index (χ0n) is 10.3. The molecule has 0 spiro atoms. The van der Waals surface area contributed by atoms with Gasteiger partial charge in [0.15, 0.2) is 0 Å². The van der Waals surface area contributed by atoms with Crippen LogP contribution in [0.1, 0.15) is 45.1 Å². The first-order chi connectivity index (χ1) is 7.82. The molecule has 0 radical (unpaired) electrons. The molecule has 94 valence electrons. The van der Waals surface area contributed by atoms with Crippen molar-refractivity contribution in [2.24, 2.45) is 5.41 Å². The lowest BCUT2D eigenvalue weighted by Gasteiger charge is -2.40. The minimum Gasteiger partial charge on any atom is -0.385 e. The van der Waals surface area contributed by atoms with Crippen molar-refractivity contribution in [2.45, 2.75) is 45.1 Å². The van der Waals surface area contributed by atoms with E-state index in [0.29, 0.717) is 15.5 Å². The number of aliphatic hydroxyl groups is 1. The van der Waals surface area contributed by atoms with Crippen LogP contribution in [0.2, 0.25) is 10.0 Å². The van der Waals surface area contributed by atoms with Crippen molar-refractivity contribution in [2.75, 3.05) is 0 Å². The maximum Gasteiger partial charge on any atom is 0.0911 e. The Morgan fingerprint density at radius 3 is 2.24 bits per heavy atom. The van der Waals surface area contributed by atoms with Crippen LogP contribution >= 0.6 is 23.2 Å². The van der Waals surface area contributed by atoms with Gasteiger partial charge in [-0.05, 0) is 49.3 Å². The highest BCUT2D eigenvalue weighted by atomic mass is 35.5. The van der Waals surface area contributed by atoms with Crippen LogP contribution in [-0.4, -0.2) is 5.11 Å². The standard InChI is InChI=1S/C14H18Cl2O/c1-13(2)5-7-14(17,8-6-13)11-9-10(15)3-4-12(11)16/h3-4,9,17H,5-8H2,1-2H3. The minimum absolute atomic E-state index is 0.317. The molecule has 1 fully saturated rings. The molecule has 0 atom stereocenters. The molecule has 1 nitrogen and oxygen atoms in total. The van der Waals surface area contributed by atoms with Gasteiger partial charge in [0.05, 0.1) is 5.60 Å². The number of hydrogen-bond acceptors (Lipinski definition) is 1. The average molecular weight is 273 g/mol. The summed E-state index contributed by atoms with van der Waals surface area (Å²) in [4.78, 5) is 0. The molecule has 2 rings (SSSR count). The van der Waals surface area contributed by atoms with Crippen LogP contribution in [0.15, 0.2) is 18.2 Å². The second kappa shape index (κ2) is 4.46. The van der Waals surface area contributed by atoms with Crippen LogP contribution in [0.4, 0.5) is 0 Å². The lowest BCUT2D eigenvalue weighted by Crippen LogP contribution is -2.34. The molecule has 1 aliphatic rings. The molecule has 0 unspecified atom stereocenters.